The van der Waals surface area contributed by atoms with Crippen molar-refractivity contribution in [3.63, 3.8) is 0 Å². The first-order valence-corrected chi connectivity index (χ1v) is 5.38. The molecule has 82 valence electrons. The third-order valence-corrected chi connectivity index (χ3v) is 2.65. The molecule has 0 fully saturated rings. The largest absolute Gasteiger partial charge is 0.311 e. The third-order valence-electron chi connectivity index (χ3n) is 2.65. The van der Waals surface area contributed by atoms with Gasteiger partial charge in [-0.15, -0.1) is 0 Å². The quantitative estimate of drug-likeness (QED) is 0.751. The molecule has 0 aliphatic carbocycles. The molecule has 1 heterocycles. The average Bonchev–Trinajstić information content (AvgIpc) is 2.25. The van der Waals surface area contributed by atoms with Gasteiger partial charge in [-0.3, -0.25) is 4.79 Å². The Morgan fingerprint density at radius 3 is 2.69 bits per heavy atom. The SMILES string of the molecule is Cc1cccc(Cn2cccc(C)c2=O)c1. The Labute approximate surface area is 95.2 Å². The van der Waals surface area contributed by atoms with Crippen LogP contribution in [0, 0.1) is 13.8 Å². The van der Waals surface area contributed by atoms with Crippen LogP contribution in [0.1, 0.15) is 16.7 Å². The molecule has 0 radical (unpaired) electrons. The molecule has 2 heteroatoms. The van der Waals surface area contributed by atoms with Crippen LogP contribution in [0.25, 0.3) is 0 Å². The smallest absolute Gasteiger partial charge is 0.253 e. The number of hydrogen-bond donors (Lipinski definition) is 0. The number of rotatable bonds is 2. The summed E-state index contributed by atoms with van der Waals surface area (Å²) in [5.41, 5.74) is 3.25. The maximum absolute atomic E-state index is 11.8. The molecule has 16 heavy (non-hydrogen) atoms. The average molecular weight is 213 g/mol. The maximum atomic E-state index is 11.8. The summed E-state index contributed by atoms with van der Waals surface area (Å²) in [5.74, 6) is 0. The number of hydrogen-bond acceptors (Lipinski definition) is 1. The van der Waals surface area contributed by atoms with Gasteiger partial charge >= 0.3 is 0 Å². The van der Waals surface area contributed by atoms with Gasteiger partial charge in [0.15, 0.2) is 0 Å². The third kappa shape index (κ3) is 2.22. The molecule has 0 unspecified atom stereocenters. The summed E-state index contributed by atoms with van der Waals surface area (Å²) in [6, 6.07) is 12.0. The molecular formula is C14H15NO. The Hall–Kier alpha value is -1.83. The van der Waals surface area contributed by atoms with Gasteiger partial charge in [-0.25, -0.2) is 0 Å². The van der Waals surface area contributed by atoms with E-state index in [1.165, 1.54) is 5.56 Å². The highest BCUT2D eigenvalue weighted by molar-refractivity contribution is 5.23. The number of pyridine rings is 1. The standard InChI is InChI=1S/C14H15NO/c1-11-5-3-7-13(9-11)10-15-8-4-6-12(2)14(15)16/h3-9H,10H2,1-2H3. The highest BCUT2D eigenvalue weighted by Gasteiger charge is 1.99. The molecule has 0 saturated carbocycles. The number of aryl methyl sites for hydroxylation is 2. The zero-order chi connectivity index (χ0) is 11.5. The molecule has 0 aliphatic rings. The lowest BCUT2D eigenvalue weighted by atomic mass is 10.1. The molecule has 0 N–H and O–H groups in total. The van der Waals surface area contributed by atoms with Crippen molar-refractivity contribution in [2.24, 2.45) is 0 Å². The predicted octanol–water partition coefficient (Wildman–Crippen LogP) is 2.51. The molecule has 0 spiro atoms. The molecule has 2 rings (SSSR count). The fourth-order valence-electron chi connectivity index (χ4n) is 1.79. The van der Waals surface area contributed by atoms with Crippen LogP contribution in [0.15, 0.2) is 47.4 Å². The minimum absolute atomic E-state index is 0.0870. The van der Waals surface area contributed by atoms with Gasteiger partial charge in [0.25, 0.3) is 5.56 Å². The van der Waals surface area contributed by atoms with Crippen LogP contribution in [0.2, 0.25) is 0 Å². The van der Waals surface area contributed by atoms with E-state index in [-0.39, 0.29) is 5.56 Å². The maximum Gasteiger partial charge on any atom is 0.253 e. The summed E-state index contributed by atoms with van der Waals surface area (Å²) < 4.78 is 1.74. The van der Waals surface area contributed by atoms with Crippen LogP contribution < -0.4 is 5.56 Å². The van der Waals surface area contributed by atoms with Gasteiger partial charge in [0.1, 0.15) is 0 Å². The number of benzene rings is 1. The summed E-state index contributed by atoms with van der Waals surface area (Å²) in [5, 5.41) is 0. The van der Waals surface area contributed by atoms with E-state index < -0.39 is 0 Å². The van der Waals surface area contributed by atoms with E-state index in [9.17, 15) is 4.79 Å². The van der Waals surface area contributed by atoms with Crippen molar-refractivity contribution in [3.8, 4) is 0 Å². The van der Waals surface area contributed by atoms with Crippen LogP contribution >= 0.6 is 0 Å². The van der Waals surface area contributed by atoms with Gasteiger partial charge in [-0.05, 0) is 25.5 Å². The lowest BCUT2D eigenvalue weighted by Gasteiger charge is -2.07. The summed E-state index contributed by atoms with van der Waals surface area (Å²) in [6.45, 7) is 4.54. The Kier molecular flexibility index (Phi) is 2.91. The van der Waals surface area contributed by atoms with Crippen molar-refractivity contribution in [2.45, 2.75) is 20.4 Å². The van der Waals surface area contributed by atoms with Gasteiger partial charge < -0.3 is 4.57 Å². The van der Waals surface area contributed by atoms with E-state index in [1.807, 2.05) is 37.4 Å². The van der Waals surface area contributed by atoms with Crippen LogP contribution in [0.3, 0.4) is 0 Å². The molecule has 2 aromatic rings. The van der Waals surface area contributed by atoms with Gasteiger partial charge in [0.2, 0.25) is 0 Å². The topological polar surface area (TPSA) is 22.0 Å². The highest BCUT2D eigenvalue weighted by atomic mass is 16.1. The van der Waals surface area contributed by atoms with E-state index in [0.717, 1.165) is 11.1 Å². The fraction of sp³-hybridized carbons (Fsp3) is 0.214. The van der Waals surface area contributed by atoms with Crippen molar-refractivity contribution in [3.05, 3.63) is 69.6 Å². The Morgan fingerprint density at radius 1 is 1.12 bits per heavy atom. The van der Waals surface area contributed by atoms with E-state index in [0.29, 0.717) is 6.54 Å². The minimum Gasteiger partial charge on any atom is -0.311 e. The van der Waals surface area contributed by atoms with Crippen molar-refractivity contribution in [1.82, 2.24) is 4.57 Å². The first kappa shape index (κ1) is 10.7. The summed E-state index contributed by atoms with van der Waals surface area (Å²) in [6.07, 6.45) is 1.83. The second kappa shape index (κ2) is 4.35. The van der Waals surface area contributed by atoms with Gasteiger partial charge in [-0.1, -0.05) is 35.9 Å². The molecular weight excluding hydrogens is 198 g/mol. The first-order valence-electron chi connectivity index (χ1n) is 5.38. The van der Waals surface area contributed by atoms with Crippen molar-refractivity contribution in [2.75, 3.05) is 0 Å². The van der Waals surface area contributed by atoms with E-state index in [4.69, 9.17) is 0 Å². The summed E-state index contributed by atoms with van der Waals surface area (Å²) in [7, 11) is 0. The zero-order valence-electron chi connectivity index (χ0n) is 9.60. The van der Waals surface area contributed by atoms with E-state index >= 15 is 0 Å². The second-order valence-corrected chi connectivity index (χ2v) is 4.11. The van der Waals surface area contributed by atoms with Crippen molar-refractivity contribution in [1.29, 1.82) is 0 Å². The molecule has 2 nitrogen and oxygen atoms in total. The lowest BCUT2D eigenvalue weighted by molar-refractivity contribution is 0.752. The highest BCUT2D eigenvalue weighted by Crippen LogP contribution is 2.05. The Balaban J connectivity index is 2.34. The zero-order valence-corrected chi connectivity index (χ0v) is 9.60. The summed E-state index contributed by atoms with van der Waals surface area (Å²) in [4.78, 5) is 11.8. The molecule has 0 atom stereocenters. The Morgan fingerprint density at radius 2 is 1.94 bits per heavy atom. The predicted molar refractivity (Wildman–Crippen MR) is 65.7 cm³/mol. The van der Waals surface area contributed by atoms with Crippen LogP contribution in [-0.2, 0) is 6.54 Å². The molecule has 0 amide bonds. The first-order chi connectivity index (χ1) is 7.66. The van der Waals surface area contributed by atoms with Gasteiger partial charge in [-0.2, -0.15) is 0 Å². The number of aromatic nitrogens is 1. The molecule has 0 saturated heterocycles. The van der Waals surface area contributed by atoms with E-state index in [1.54, 1.807) is 4.57 Å². The lowest BCUT2D eigenvalue weighted by Crippen LogP contribution is -2.21. The van der Waals surface area contributed by atoms with Crippen molar-refractivity contribution < 1.29 is 0 Å². The van der Waals surface area contributed by atoms with Crippen molar-refractivity contribution >= 4 is 0 Å². The van der Waals surface area contributed by atoms with Crippen LogP contribution in [-0.4, -0.2) is 4.57 Å². The van der Waals surface area contributed by atoms with E-state index in [2.05, 4.69) is 19.1 Å². The molecule has 1 aromatic carbocycles. The summed E-state index contributed by atoms with van der Waals surface area (Å²) >= 11 is 0. The molecule has 0 bridgehead atoms. The van der Waals surface area contributed by atoms with Crippen LogP contribution in [0.4, 0.5) is 0 Å². The molecule has 0 aliphatic heterocycles. The monoisotopic (exact) mass is 213 g/mol. The number of nitrogens with zero attached hydrogens (tertiary/aromatic N) is 1. The van der Waals surface area contributed by atoms with Gasteiger partial charge in [0, 0.05) is 11.8 Å². The fourth-order valence-corrected chi connectivity index (χ4v) is 1.79. The molecule has 1 aromatic heterocycles. The van der Waals surface area contributed by atoms with Gasteiger partial charge in [0.05, 0.1) is 6.54 Å². The normalized spacial score (nSPS) is 10.4. The Bertz CT molecular complexity index is 555. The van der Waals surface area contributed by atoms with Crippen LogP contribution in [0.5, 0.6) is 0 Å². The second-order valence-electron chi connectivity index (χ2n) is 4.11. The minimum atomic E-state index is 0.0870.